The number of rotatable bonds is 2. The van der Waals surface area contributed by atoms with Crippen molar-refractivity contribution in [2.24, 2.45) is 0 Å². The van der Waals surface area contributed by atoms with Crippen molar-refractivity contribution in [3.63, 3.8) is 0 Å². The molecule has 24 heavy (non-hydrogen) atoms. The first kappa shape index (κ1) is 14.9. The van der Waals surface area contributed by atoms with Crippen LogP contribution in [-0.2, 0) is 16.0 Å². The van der Waals surface area contributed by atoms with Crippen LogP contribution in [0.15, 0.2) is 36.9 Å². The summed E-state index contributed by atoms with van der Waals surface area (Å²) in [5, 5.41) is 4.17. The van der Waals surface area contributed by atoms with Gasteiger partial charge in [-0.1, -0.05) is 18.2 Å². The Morgan fingerprint density at radius 3 is 3.00 bits per heavy atom. The minimum atomic E-state index is -0.734. The van der Waals surface area contributed by atoms with Gasteiger partial charge in [-0.2, -0.15) is 5.10 Å². The molecule has 2 aliphatic rings. The van der Waals surface area contributed by atoms with E-state index in [9.17, 15) is 9.59 Å². The maximum Gasteiger partial charge on any atom is 0.339 e. The molecule has 0 radical (unpaired) electrons. The number of piperidine rings is 1. The number of benzene rings is 1. The van der Waals surface area contributed by atoms with E-state index in [4.69, 9.17) is 4.74 Å². The van der Waals surface area contributed by atoms with Crippen LogP contribution in [0.5, 0.6) is 0 Å². The van der Waals surface area contributed by atoms with Gasteiger partial charge in [-0.15, -0.1) is 0 Å². The van der Waals surface area contributed by atoms with E-state index >= 15 is 0 Å². The van der Waals surface area contributed by atoms with Gasteiger partial charge in [0.2, 0.25) is 0 Å². The van der Waals surface area contributed by atoms with Crippen LogP contribution >= 0.6 is 0 Å². The Morgan fingerprint density at radius 1 is 1.29 bits per heavy atom. The van der Waals surface area contributed by atoms with Crippen LogP contribution in [0.4, 0.5) is 0 Å². The number of esters is 1. The molecule has 7 nitrogen and oxygen atoms in total. The number of hydrogen-bond acceptors (Lipinski definition) is 5. The predicted octanol–water partition coefficient (Wildman–Crippen LogP) is 1.22. The molecule has 0 aliphatic carbocycles. The van der Waals surface area contributed by atoms with Crippen molar-refractivity contribution in [3.8, 4) is 0 Å². The first-order valence-corrected chi connectivity index (χ1v) is 8.14. The third-order valence-electron chi connectivity index (χ3n) is 4.69. The molecule has 2 unspecified atom stereocenters. The normalized spacial score (nSPS) is 23.5. The summed E-state index contributed by atoms with van der Waals surface area (Å²) in [6.07, 6.45) is 4.73. The molecule has 2 aromatic rings. The minimum Gasteiger partial charge on any atom is -0.448 e. The highest BCUT2D eigenvalue weighted by Crippen LogP contribution is 2.25. The number of fused-ring (bicyclic) bond motifs is 1. The number of nitrogens with zero attached hydrogens (tertiary/aromatic N) is 4. The van der Waals surface area contributed by atoms with Crippen molar-refractivity contribution < 1.29 is 14.3 Å². The van der Waals surface area contributed by atoms with E-state index < -0.39 is 12.1 Å². The van der Waals surface area contributed by atoms with E-state index in [0.29, 0.717) is 25.1 Å². The third-order valence-corrected chi connectivity index (χ3v) is 4.69. The Kier molecular flexibility index (Phi) is 3.76. The highest BCUT2D eigenvalue weighted by molar-refractivity contribution is 5.95. The fourth-order valence-corrected chi connectivity index (χ4v) is 3.45. The molecule has 2 aliphatic heterocycles. The number of carbonyl (C=O) groups is 2. The van der Waals surface area contributed by atoms with Crippen LogP contribution in [0.1, 0.15) is 34.8 Å². The van der Waals surface area contributed by atoms with Gasteiger partial charge in [-0.05, 0) is 24.5 Å². The Morgan fingerprint density at radius 2 is 2.17 bits per heavy atom. The number of amides is 1. The number of hydrogen-bond donors (Lipinski definition) is 0. The zero-order valence-electron chi connectivity index (χ0n) is 13.2. The van der Waals surface area contributed by atoms with Crippen molar-refractivity contribution in [3.05, 3.63) is 48.0 Å². The number of likely N-dealkylation sites (tertiary alicyclic amines) is 1. The third kappa shape index (κ3) is 2.66. The Labute approximate surface area is 139 Å². The van der Waals surface area contributed by atoms with E-state index in [1.54, 1.807) is 28.0 Å². The van der Waals surface area contributed by atoms with Crippen molar-refractivity contribution in [2.75, 3.05) is 13.1 Å². The Balaban J connectivity index is 1.49. The molecule has 124 valence electrons. The zero-order chi connectivity index (χ0) is 16.5. The monoisotopic (exact) mass is 326 g/mol. The fourth-order valence-electron chi connectivity index (χ4n) is 3.45. The summed E-state index contributed by atoms with van der Waals surface area (Å²) in [7, 11) is 0. The molecule has 1 fully saturated rings. The summed E-state index contributed by atoms with van der Waals surface area (Å²) in [6, 6.07) is 7.41. The molecule has 1 amide bonds. The fraction of sp³-hybridized carbons (Fsp3) is 0.412. The topological polar surface area (TPSA) is 77.3 Å². The molecule has 1 aromatic heterocycles. The lowest BCUT2D eigenvalue weighted by atomic mass is 9.97. The van der Waals surface area contributed by atoms with Gasteiger partial charge in [-0.25, -0.2) is 14.5 Å². The Bertz CT molecular complexity index is 759. The maximum absolute atomic E-state index is 12.8. The van der Waals surface area contributed by atoms with Crippen molar-refractivity contribution in [2.45, 2.75) is 31.4 Å². The molecule has 0 N–H and O–H groups in total. The van der Waals surface area contributed by atoms with E-state index in [2.05, 4.69) is 10.1 Å². The second-order valence-corrected chi connectivity index (χ2v) is 6.21. The molecule has 0 spiro atoms. The van der Waals surface area contributed by atoms with Gasteiger partial charge in [0.05, 0.1) is 11.6 Å². The first-order chi connectivity index (χ1) is 11.7. The van der Waals surface area contributed by atoms with Gasteiger partial charge in [0.15, 0.2) is 6.10 Å². The van der Waals surface area contributed by atoms with E-state index in [-0.39, 0.29) is 11.9 Å². The largest absolute Gasteiger partial charge is 0.448 e. The predicted molar refractivity (Wildman–Crippen MR) is 84.2 cm³/mol. The van der Waals surface area contributed by atoms with Crippen molar-refractivity contribution in [1.29, 1.82) is 0 Å². The van der Waals surface area contributed by atoms with Crippen LogP contribution in [0.3, 0.4) is 0 Å². The summed E-state index contributed by atoms with van der Waals surface area (Å²) < 4.78 is 7.18. The average molecular weight is 326 g/mol. The van der Waals surface area contributed by atoms with Crippen LogP contribution in [0.2, 0.25) is 0 Å². The first-order valence-electron chi connectivity index (χ1n) is 8.14. The summed E-state index contributed by atoms with van der Waals surface area (Å²) in [4.78, 5) is 30.7. The molecule has 1 aromatic carbocycles. The zero-order valence-corrected chi connectivity index (χ0v) is 13.2. The van der Waals surface area contributed by atoms with Gasteiger partial charge < -0.3 is 9.64 Å². The summed E-state index contributed by atoms with van der Waals surface area (Å²) >= 11 is 0. The average Bonchev–Trinajstić information content (AvgIpc) is 3.16. The molecule has 1 saturated heterocycles. The number of ether oxygens (including phenoxy) is 1. The second kappa shape index (κ2) is 6.07. The molecule has 4 rings (SSSR count). The van der Waals surface area contributed by atoms with Crippen LogP contribution < -0.4 is 0 Å². The molecule has 0 bridgehead atoms. The molecule has 3 heterocycles. The lowest BCUT2D eigenvalue weighted by Crippen LogP contribution is -2.48. The SMILES string of the molecule is O=C1OC(C(=O)N2CCCC(n3cncn3)C2)Cc2ccccc21. The molecular weight excluding hydrogens is 308 g/mol. The van der Waals surface area contributed by atoms with Crippen LogP contribution in [0.25, 0.3) is 0 Å². The van der Waals surface area contributed by atoms with E-state index in [0.717, 1.165) is 18.4 Å². The van der Waals surface area contributed by atoms with Gasteiger partial charge >= 0.3 is 5.97 Å². The van der Waals surface area contributed by atoms with Crippen molar-refractivity contribution in [1.82, 2.24) is 19.7 Å². The van der Waals surface area contributed by atoms with Gasteiger partial charge in [0, 0.05) is 19.5 Å². The molecule has 7 heteroatoms. The summed E-state index contributed by atoms with van der Waals surface area (Å²) in [6.45, 7) is 1.25. The quantitative estimate of drug-likeness (QED) is 0.776. The van der Waals surface area contributed by atoms with Gasteiger partial charge in [-0.3, -0.25) is 4.79 Å². The van der Waals surface area contributed by atoms with Crippen LogP contribution in [0, 0.1) is 0 Å². The van der Waals surface area contributed by atoms with Gasteiger partial charge in [0.1, 0.15) is 12.7 Å². The maximum atomic E-state index is 12.8. The van der Waals surface area contributed by atoms with Crippen molar-refractivity contribution >= 4 is 11.9 Å². The number of cyclic esters (lactones) is 1. The van der Waals surface area contributed by atoms with E-state index in [1.165, 1.54) is 6.33 Å². The van der Waals surface area contributed by atoms with E-state index in [1.807, 2.05) is 12.1 Å². The summed E-state index contributed by atoms with van der Waals surface area (Å²) in [5.41, 5.74) is 1.43. The Hall–Kier alpha value is -2.70. The lowest BCUT2D eigenvalue weighted by molar-refractivity contribution is -0.142. The lowest BCUT2D eigenvalue weighted by Gasteiger charge is -2.35. The highest BCUT2D eigenvalue weighted by Gasteiger charge is 2.35. The smallest absolute Gasteiger partial charge is 0.339 e. The minimum absolute atomic E-state index is 0.122. The summed E-state index contributed by atoms with van der Waals surface area (Å²) in [5.74, 6) is -0.539. The molecular formula is C17H18N4O3. The van der Waals surface area contributed by atoms with Crippen LogP contribution in [-0.4, -0.2) is 50.7 Å². The molecule has 0 saturated carbocycles. The highest BCUT2D eigenvalue weighted by atomic mass is 16.5. The number of aromatic nitrogens is 3. The van der Waals surface area contributed by atoms with Gasteiger partial charge in [0.25, 0.3) is 5.91 Å². The number of carbonyl (C=O) groups excluding carboxylic acids is 2. The molecule has 2 atom stereocenters. The standard InChI is InChI=1S/C17H18N4O3/c22-16(15-8-12-4-1-2-6-14(12)17(23)24-15)20-7-3-5-13(9-20)21-11-18-10-19-21/h1-2,4,6,10-11,13,15H,3,5,7-9H2. The second-order valence-electron chi connectivity index (χ2n) is 6.21.